The van der Waals surface area contributed by atoms with Crippen LogP contribution in [0.1, 0.15) is 55.2 Å². The van der Waals surface area contributed by atoms with Gasteiger partial charge < -0.3 is 48.1 Å². The molecule has 7 rings (SSSR count). The molecule has 414 valence electrons. The third-order valence-electron chi connectivity index (χ3n) is 14.2. The Kier molecular flexibility index (Phi) is 18.7. The molecule has 0 saturated carbocycles. The molecule has 3 aromatic carbocycles. The summed E-state index contributed by atoms with van der Waals surface area (Å²) in [6, 6.07) is 25.5. The first-order valence-electron chi connectivity index (χ1n) is 25.9. The van der Waals surface area contributed by atoms with Crippen LogP contribution in [0.5, 0.6) is 11.5 Å². The topological polar surface area (TPSA) is 216 Å². The van der Waals surface area contributed by atoms with Gasteiger partial charge in [0.1, 0.15) is 61.3 Å². The maximum atomic E-state index is 15.0. The van der Waals surface area contributed by atoms with Gasteiger partial charge in [0.05, 0.1) is 39.0 Å². The summed E-state index contributed by atoms with van der Waals surface area (Å²) in [7, 11) is 0.0110. The average molecular weight is 1090 g/mol. The van der Waals surface area contributed by atoms with Crippen molar-refractivity contribution >= 4 is 34.1 Å². The lowest BCUT2D eigenvalue weighted by atomic mass is 9.80. The monoisotopic (exact) mass is 1090 g/mol. The van der Waals surface area contributed by atoms with Crippen molar-refractivity contribution in [2.75, 3.05) is 53.9 Å². The molecule has 0 radical (unpaired) electrons. The Labute approximate surface area is 446 Å². The first-order valence-corrected chi connectivity index (χ1v) is 33.3. The minimum absolute atomic E-state index is 0.00282. The van der Waals surface area contributed by atoms with Crippen molar-refractivity contribution in [3.05, 3.63) is 128 Å². The van der Waals surface area contributed by atoms with Crippen molar-refractivity contribution in [3.8, 4) is 11.5 Å². The van der Waals surface area contributed by atoms with E-state index in [1.807, 2.05) is 78.9 Å². The predicted octanol–water partition coefficient (Wildman–Crippen LogP) is 6.16. The van der Waals surface area contributed by atoms with Gasteiger partial charge in [0, 0.05) is 67.4 Å². The molecule has 21 heteroatoms. The van der Waals surface area contributed by atoms with Gasteiger partial charge >= 0.3 is 17.7 Å². The lowest BCUT2D eigenvalue weighted by Gasteiger charge is -2.45. The van der Waals surface area contributed by atoms with Crippen LogP contribution in [0.2, 0.25) is 51.4 Å². The number of ether oxygens (including phenoxy) is 8. The van der Waals surface area contributed by atoms with Gasteiger partial charge in [-0.1, -0.05) is 93.9 Å². The van der Waals surface area contributed by atoms with E-state index in [1.165, 1.54) is 22.6 Å². The number of carbonyl (C=O) groups excluding carboxylic acids is 3. The third kappa shape index (κ3) is 13.4. The molecule has 2 N–H and O–H groups in total. The smallest absolute Gasteiger partial charge is 0.335 e. The highest BCUT2D eigenvalue weighted by Gasteiger charge is 2.53. The SMILES string of the molecule is COc1ccc(C(OC[C@H]2O[C@@H](N3C[C@@](C)(Cc4cn([C@H]5C[C@H](O)[C@@H](CO)O5)c(=O)n(COCC[Si](C)(C)C)c4=O)C(=O)N(COCC[Si](C)(C)C)C3=O)C[C@@H]2OC(C)=O)(c2ccccc2)c2ccc(OC)cc2)cc1. The second-order valence-corrected chi connectivity index (χ2v) is 33.8. The number of rotatable bonds is 24. The van der Waals surface area contributed by atoms with Crippen LogP contribution in [0.25, 0.3) is 0 Å². The molecule has 4 aromatic rings. The van der Waals surface area contributed by atoms with Gasteiger partial charge in [0.25, 0.3) is 5.56 Å². The Hall–Kier alpha value is -5.50. The van der Waals surface area contributed by atoms with Crippen LogP contribution in [-0.2, 0) is 56.8 Å². The van der Waals surface area contributed by atoms with Crippen LogP contribution in [-0.4, -0.2) is 148 Å². The van der Waals surface area contributed by atoms with E-state index in [4.69, 9.17) is 37.9 Å². The summed E-state index contributed by atoms with van der Waals surface area (Å²) >= 11 is 0. The molecule has 0 bridgehead atoms. The fourth-order valence-corrected chi connectivity index (χ4v) is 11.4. The van der Waals surface area contributed by atoms with Crippen LogP contribution in [0.15, 0.2) is 94.6 Å². The molecule has 76 heavy (non-hydrogen) atoms. The van der Waals surface area contributed by atoms with Crippen molar-refractivity contribution < 1.29 is 62.5 Å². The van der Waals surface area contributed by atoms with E-state index in [1.54, 1.807) is 21.1 Å². The van der Waals surface area contributed by atoms with Crippen LogP contribution in [0.4, 0.5) is 4.79 Å². The molecule has 3 saturated heterocycles. The summed E-state index contributed by atoms with van der Waals surface area (Å²) in [6.07, 6.45) is -5.09. The average Bonchev–Trinajstić information content (AvgIpc) is 4.01. The second-order valence-electron chi connectivity index (χ2n) is 22.6. The van der Waals surface area contributed by atoms with E-state index in [-0.39, 0.29) is 44.7 Å². The van der Waals surface area contributed by atoms with Gasteiger partial charge in [-0.2, -0.15) is 0 Å². The number of nitrogens with zero attached hydrogens (tertiary/aromatic N) is 4. The molecule has 7 atom stereocenters. The molecule has 0 spiro atoms. The van der Waals surface area contributed by atoms with Crippen molar-refractivity contribution in [1.82, 2.24) is 18.9 Å². The van der Waals surface area contributed by atoms with Crippen LogP contribution >= 0.6 is 0 Å². The third-order valence-corrected chi connectivity index (χ3v) is 17.6. The maximum Gasteiger partial charge on any atom is 0.335 e. The predicted molar refractivity (Wildman–Crippen MR) is 288 cm³/mol. The summed E-state index contributed by atoms with van der Waals surface area (Å²) < 4.78 is 51.1. The number of carbonyl (C=O) groups is 3. The molecule has 1 aromatic heterocycles. The van der Waals surface area contributed by atoms with Crippen molar-refractivity contribution in [1.29, 1.82) is 0 Å². The minimum atomic E-state index is -1.60. The summed E-state index contributed by atoms with van der Waals surface area (Å²) in [6.45, 7) is 14.9. The first-order chi connectivity index (χ1) is 36.0. The number of aliphatic hydroxyl groups excluding tert-OH is 2. The molecular weight excluding hydrogens is 1010 g/mol. The number of benzene rings is 3. The molecule has 0 unspecified atom stereocenters. The van der Waals surface area contributed by atoms with Gasteiger partial charge in [-0.3, -0.25) is 23.9 Å². The molecule has 0 aliphatic carbocycles. The van der Waals surface area contributed by atoms with Crippen molar-refractivity contribution in [3.63, 3.8) is 0 Å². The standard InChI is InChI=1S/C55H76N4O15Si2/c1-37(61)72-45-29-49(74-47(45)33-71-55(39-14-12-11-13-15-39,40-16-20-42(67-3)21-17-40)41-18-22-43(68-4)23-19-41)57-34-54(2,51(64)59(53(57)66)36-70-25-27-76(8,9)10)30-38-31-56(48-28-44(62)46(32-60)73-48)52(65)58(50(38)63)35-69-24-26-75(5,6)7/h11-23,31,44-49,60,62H,24-30,32-36H2,1-10H3/t44-,45-,46+,47+,48+,49+,54+/m0/s1. The Morgan fingerprint density at radius 3 is 1.84 bits per heavy atom. The second kappa shape index (κ2) is 24.4. The zero-order chi connectivity index (χ0) is 55.2. The number of amides is 3. The number of esters is 1. The first kappa shape index (κ1) is 58.2. The van der Waals surface area contributed by atoms with Crippen molar-refractivity contribution in [2.45, 2.75) is 134 Å². The highest BCUT2D eigenvalue weighted by molar-refractivity contribution is 6.76. The number of aliphatic hydroxyl groups is 2. The van der Waals surface area contributed by atoms with E-state index >= 15 is 0 Å². The van der Waals surface area contributed by atoms with E-state index in [0.717, 1.165) is 38.2 Å². The van der Waals surface area contributed by atoms with E-state index in [2.05, 4.69) is 39.3 Å². The molecule has 3 amide bonds. The number of urea groups is 1. The van der Waals surface area contributed by atoms with Gasteiger partial charge in [-0.25, -0.2) is 19.1 Å². The van der Waals surface area contributed by atoms with Gasteiger partial charge in [0.15, 0.2) is 0 Å². The number of hydrogen-bond acceptors (Lipinski definition) is 15. The molecule has 3 aliphatic rings. The van der Waals surface area contributed by atoms with Gasteiger partial charge in [0.2, 0.25) is 5.91 Å². The van der Waals surface area contributed by atoms with Gasteiger partial charge in [-0.15, -0.1) is 0 Å². The lowest BCUT2D eigenvalue weighted by Crippen LogP contribution is -2.64. The minimum Gasteiger partial charge on any atom is -0.497 e. The van der Waals surface area contributed by atoms with E-state index in [0.29, 0.717) is 24.7 Å². The zero-order valence-electron chi connectivity index (χ0n) is 45.5. The lowest BCUT2D eigenvalue weighted by molar-refractivity contribution is -0.159. The zero-order valence-corrected chi connectivity index (χ0v) is 47.5. The Morgan fingerprint density at radius 2 is 1.32 bits per heavy atom. The Balaban J connectivity index is 1.26. The number of hydrogen-bond donors (Lipinski definition) is 2. The summed E-state index contributed by atoms with van der Waals surface area (Å²) in [5.41, 5.74) is -1.97. The summed E-state index contributed by atoms with van der Waals surface area (Å²) in [5.74, 6) is 0.0713. The van der Waals surface area contributed by atoms with Crippen LogP contribution in [0, 0.1) is 5.41 Å². The maximum absolute atomic E-state index is 15.0. The number of imide groups is 1. The molecule has 3 aliphatic heterocycles. The highest BCUT2D eigenvalue weighted by Crippen LogP contribution is 2.43. The van der Waals surface area contributed by atoms with E-state index in [9.17, 15) is 34.2 Å². The Morgan fingerprint density at radius 1 is 0.763 bits per heavy atom. The molecule has 3 fully saturated rings. The number of methoxy groups -OCH3 is 2. The normalized spacial score (nSPS) is 23.3. The Bertz CT molecular complexity index is 2700. The molecule has 19 nitrogen and oxygen atoms in total. The fraction of sp³-hybridized carbons (Fsp3) is 0.545. The van der Waals surface area contributed by atoms with Crippen LogP contribution < -0.4 is 20.7 Å². The quantitative estimate of drug-likeness (QED) is 0.0348. The molecular formula is C55H76N4O15Si2. The van der Waals surface area contributed by atoms with Crippen molar-refractivity contribution in [2.24, 2.45) is 5.41 Å². The fourth-order valence-electron chi connectivity index (χ4n) is 9.87. The largest absolute Gasteiger partial charge is 0.497 e. The van der Waals surface area contributed by atoms with Crippen LogP contribution in [0.3, 0.4) is 0 Å². The summed E-state index contributed by atoms with van der Waals surface area (Å²) in [4.78, 5) is 74.0. The number of aromatic nitrogens is 2. The molecule has 4 heterocycles. The van der Waals surface area contributed by atoms with Gasteiger partial charge in [-0.05, 0) is 66.4 Å². The van der Waals surface area contributed by atoms with E-state index < -0.39 is 107 Å². The summed E-state index contributed by atoms with van der Waals surface area (Å²) in [5, 5.41) is 20.6. The highest BCUT2D eigenvalue weighted by atomic mass is 28.3.